The van der Waals surface area contributed by atoms with Crippen LogP contribution in [-0.2, 0) is 6.42 Å². The van der Waals surface area contributed by atoms with Crippen LogP contribution in [-0.4, -0.2) is 11.7 Å². The van der Waals surface area contributed by atoms with Gasteiger partial charge in [0.25, 0.3) is 0 Å². The molecular weight excluding hydrogens is 184 g/mol. The second kappa shape index (κ2) is 5.05. The highest BCUT2D eigenvalue weighted by molar-refractivity contribution is 6.30. The van der Waals surface area contributed by atoms with Crippen LogP contribution >= 0.6 is 11.6 Å². The molecule has 70 valence electrons. The molecule has 0 aliphatic carbocycles. The van der Waals surface area contributed by atoms with E-state index in [-0.39, 0.29) is 6.61 Å². The molecule has 0 aliphatic heterocycles. The third kappa shape index (κ3) is 3.62. The highest BCUT2D eigenvalue weighted by Crippen LogP contribution is 2.12. The zero-order valence-electron chi connectivity index (χ0n) is 7.63. The topological polar surface area (TPSA) is 20.2 Å². The Labute approximate surface area is 83.7 Å². The molecule has 0 amide bonds. The largest absolute Gasteiger partial charge is 0.392 e. The lowest BCUT2D eigenvalue weighted by Gasteiger charge is -2.01. The van der Waals surface area contributed by atoms with Crippen LogP contribution in [0.2, 0.25) is 5.02 Å². The minimum absolute atomic E-state index is 0.111. The fourth-order valence-corrected chi connectivity index (χ4v) is 1.28. The Hall–Kier alpha value is -0.790. The zero-order valence-corrected chi connectivity index (χ0v) is 8.38. The van der Waals surface area contributed by atoms with E-state index in [9.17, 15) is 0 Å². The number of aliphatic hydroxyl groups excluding tert-OH is 1. The normalized spacial score (nSPS) is 11.8. The van der Waals surface area contributed by atoms with Crippen LogP contribution < -0.4 is 0 Å². The maximum absolute atomic E-state index is 8.66. The molecule has 1 rings (SSSR count). The lowest BCUT2D eigenvalue weighted by Crippen LogP contribution is -1.87. The summed E-state index contributed by atoms with van der Waals surface area (Å²) in [5.74, 6) is 0. The van der Waals surface area contributed by atoms with Crippen LogP contribution in [0.1, 0.15) is 12.5 Å². The fraction of sp³-hybridized carbons (Fsp3) is 0.273. The minimum Gasteiger partial charge on any atom is -0.392 e. The van der Waals surface area contributed by atoms with E-state index in [2.05, 4.69) is 0 Å². The summed E-state index contributed by atoms with van der Waals surface area (Å²) in [4.78, 5) is 0. The molecule has 0 aliphatic rings. The Bertz CT molecular complexity index is 287. The molecule has 0 atom stereocenters. The van der Waals surface area contributed by atoms with Crippen molar-refractivity contribution >= 4 is 11.6 Å². The van der Waals surface area contributed by atoms with Gasteiger partial charge < -0.3 is 5.11 Å². The van der Waals surface area contributed by atoms with Gasteiger partial charge in [-0.05, 0) is 31.0 Å². The van der Waals surface area contributed by atoms with Crippen molar-refractivity contribution in [2.24, 2.45) is 0 Å². The van der Waals surface area contributed by atoms with Crippen molar-refractivity contribution in [1.29, 1.82) is 0 Å². The quantitative estimate of drug-likeness (QED) is 0.738. The minimum atomic E-state index is 0.111. The molecule has 0 spiro atoms. The Kier molecular flexibility index (Phi) is 4.00. The van der Waals surface area contributed by atoms with Crippen molar-refractivity contribution in [3.05, 3.63) is 46.5 Å². The van der Waals surface area contributed by atoms with E-state index in [0.717, 1.165) is 11.4 Å². The molecule has 2 heteroatoms. The first-order valence-electron chi connectivity index (χ1n) is 4.23. The predicted molar refractivity (Wildman–Crippen MR) is 56.0 cm³/mol. The number of halogens is 1. The molecule has 1 N–H and O–H groups in total. The van der Waals surface area contributed by atoms with Gasteiger partial charge in [0, 0.05) is 5.02 Å². The summed E-state index contributed by atoms with van der Waals surface area (Å²) in [6.45, 7) is 2.12. The Morgan fingerprint density at radius 1 is 1.38 bits per heavy atom. The summed E-state index contributed by atoms with van der Waals surface area (Å²) in [6.07, 6.45) is 2.69. The second-order valence-corrected chi connectivity index (χ2v) is 3.47. The number of allylic oxidation sites excluding steroid dienone is 1. The van der Waals surface area contributed by atoms with E-state index in [1.54, 1.807) is 0 Å². The first-order valence-corrected chi connectivity index (χ1v) is 4.61. The number of hydrogen-bond donors (Lipinski definition) is 1. The van der Waals surface area contributed by atoms with Crippen molar-refractivity contribution < 1.29 is 5.11 Å². The summed E-state index contributed by atoms with van der Waals surface area (Å²) in [6, 6.07) is 7.75. The lowest BCUT2D eigenvalue weighted by atomic mass is 10.1. The van der Waals surface area contributed by atoms with Gasteiger partial charge in [0.1, 0.15) is 0 Å². The summed E-state index contributed by atoms with van der Waals surface area (Å²) in [5, 5.41) is 9.42. The molecule has 0 unspecified atom stereocenters. The third-order valence-corrected chi connectivity index (χ3v) is 2.09. The van der Waals surface area contributed by atoms with Crippen LogP contribution in [0.15, 0.2) is 35.9 Å². The smallest absolute Gasteiger partial charge is 0.0615 e. The summed E-state index contributed by atoms with van der Waals surface area (Å²) < 4.78 is 0. The lowest BCUT2D eigenvalue weighted by molar-refractivity contribution is 0.341. The van der Waals surface area contributed by atoms with Gasteiger partial charge in [0.15, 0.2) is 0 Å². The molecule has 0 aromatic heterocycles. The molecule has 0 bridgehead atoms. The van der Waals surface area contributed by atoms with Crippen LogP contribution in [0, 0.1) is 0 Å². The van der Waals surface area contributed by atoms with E-state index in [1.807, 2.05) is 37.3 Å². The van der Waals surface area contributed by atoms with E-state index < -0.39 is 0 Å². The molecule has 0 saturated carbocycles. The van der Waals surface area contributed by atoms with Crippen molar-refractivity contribution in [3.8, 4) is 0 Å². The van der Waals surface area contributed by atoms with E-state index in [4.69, 9.17) is 16.7 Å². The molecule has 13 heavy (non-hydrogen) atoms. The maximum Gasteiger partial charge on any atom is 0.0615 e. The molecule has 1 nitrogen and oxygen atoms in total. The van der Waals surface area contributed by atoms with Crippen LogP contribution in [0.5, 0.6) is 0 Å². The van der Waals surface area contributed by atoms with Gasteiger partial charge in [-0.3, -0.25) is 0 Å². The Morgan fingerprint density at radius 3 is 2.54 bits per heavy atom. The van der Waals surface area contributed by atoms with Crippen LogP contribution in [0.25, 0.3) is 0 Å². The Morgan fingerprint density at radius 2 is 2.00 bits per heavy atom. The van der Waals surface area contributed by atoms with Gasteiger partial charge in [-0.1, -0.05) is 35.4 Å². The zero-order chi connectivity index (χ0) is 9.68. The standard InChI is InChI=1S/C11H13ClO/c1-9(6-7-13)8-10-2-4-11(12)5-3-10/h2-6,13H,7-8H2,1H3/b9-6+. The van der Waals surface area contributed by atoms with Gasteiger partial charge in [-0.25, -0.2) is 0 Å². The van der Waals surface area contributed by atoms with E-state index in [1.165, 1.54) is 11.1 Å². The molecule has 0 saturated heterocycles. The first-order chi connectivity index (χ1) is 6.22. The van der Waals surface area contributed by atoms with Gasteiger partial charge in [0.05, 0.1) is 6.61 Å². The Balaban J connectivity index is 2.64. The van der Waals surface area contributed by atoms with Crippen LogP contribution in [0.4, 0.5) is 0 Å². The summed E-state index contributed by atoms with van der Waals surface area (Å²) in [5.41, 5.74) is 2.39. The van der Waals surface area contributed by atoms with Crippen molar-refractivity contribution in [1.82, 2.24) is 0 Å². The predicted octanol–water partition coefficient (Wildman–Crippen LogP) is 2.82. The first kappa shape index (κ1) is 10.3. The molecule has 1 aromatic carbocycles. The van der Waals surface area contributed by atoms with E-state index >= 15 is 0 Å². The van der Waals surface area contributed by atoms with Crippen molar-refractivity contribution in [3.63, 3.8) is 0 Å². The van der Waals surface area contributed by atoms with Crippen molar-refractivity contribution in [2.45, 2.75) is 13.3 Å². The van der Waals surface area contributed by atoms with Gasteiger partial charge >= 0.3 is 0 Å². The van der Waals surface area contributed by atoms with Crippen molar-refractivity contribution in [2.75, 3.05) is 6.61 Å². The average molecular weight is 197 g/mol. The highest BCUT2D eigenvalue weighted by atomic mass is 35.5. The highest BCUT2D eigenvalue weighted by Gasteiger charge is 1.94. The monoisotopic (exact) mass is 196 g/mol. The van der Waals surface area contributed by atoms with Gasteiger partial charge in [-0.15, -0.1) is 0 Å². The maximum atomic E-state index is 8.66. The molecule has 0 fully saturated rings. The van der Waals surface area contributed by atoms with E-state index in [0.29, 0.717) is 0 Å². The number of hydrogen-bond acceptors (Lipinski definition) is 1. The summed E-state index contributed by atoms with van der Waals surface area (Å²) in [7, 11) is 0. The molecule has 0 heterocycles. The number of benzene rings is 1. The molecule has 0 radical (unpaired) electrons. The number of rotatable bonds is 3. The molecular formula is C11H13ClO. The van der Waals surface area contributed by atoms with Gasteiger partial charge in [0.2, 0.25) is 0 Å². The average Bonchev–Trinajstić information content (AvgIpc) is 2.09. The SMILES string of the molecule is C/C(=C\CO)Cc1ccc(Cl)cc1. The fourth-order valence-electron chi connectivity index (χ4n) is 1.15. The van der Waals surface area contributed by atoms with Crippen LogP contribution in [0.3, 0.4) is 0 Å². The third-order valence-electron chi connectivity index (χ3n) is 1.84. The second-order valence-electron chi connectivity index (χ2n) is 3.04. The molecule has 1 aromatic rings. The number of aliphatic hydroxyl groups is 1. The summed E-state index contributed by atoms with van der Waals surface area (Å²) >= 11 is 5.75. The van der Waals surface area contributed by atoms with Gasteiger partial charge in [-0.2, -0.15) is 0 Å².